The summed E-state index contributed by atoms with van der Waals surface area (Å²) in [6.07, 6.45) is 0. The summed E-state index contributed by atoms with van der Waals surface area (Å²) in [5, 5.41) is 5.21. The molecule has 1 saturated heterocycles. The van der Waals surface area contributed by atoms with Gasteiger partial charge in [0.05, 0.1) is 19.6 Å². The van der Waals surface area contributed by atoms with E-state index in [1.54, 1.807) is 36.4 Å². The van der Waals surface area contributed by atoms with E-state index in [1.165, 1.54) is 11.9 Å². The number of rotatable bonds is 6. The van der Waals surface area contributed by atoms with Gasteiger partial charge in [0.1, 0.15) is 0 Å². The Balaban J connectivity index is 1.67. The fourth-order valence-electron chi connectivity index (χ4n) is 2.98. The fourth-order valence-corrected chi connectivity index (χ4v) is 2.98. The third-order valence-electron chi connectivity index (χ3n) is 4.58. The van der Waals surface area contributed by atoms with Gasteiger partial charge in [0, 0.05) is 18.3 Å². The molecule has 0 radical (unpaired) electrons. The molecule has 0 atom stereocenters. The Labute approximate surface area is 168 Å². The van der Waals surface area contributed by atoms with Gasteiger partial charge in [-0.25, -0.2) is 4.79 Å². The van der Waals surface area contributed by atoms with Crippen molar-refractivity contribution < 1.29 is 19.2 Å². The second-order valence-corrected chi connectivity index (χ2v) is 6.87. The first-order valence-corrected chi connectivity index (χ1v) is 9.13. The molecule has 150 valence electrons. The topological polar surface area (TPSA) is 98.8 Å². The summed E-state index contributed by atoms with van der Waals surface area (Å²) in [5.41, 5.74) is 2.61. The van der Waals surface area contributed by atoms with Crippen LogP contribution in [0.2, 0.25) is 0 Å². The molecule has 0 saturated carbocycles. The molecular formula is C21H22N4O4. The number of amides is 5. The number of hydrogen-bond donors (Lipinski definition) is 2. The predicted octanol–water partition coefficient (Wildman–Crippen LogP) is 1.76. The molecule has 0 spiro atoms. The Bertz CT molecular complexity index is 939. The summed E-state index contributed by atoms with van der Waals surface area (Å²) < 4.78 is 0. The van der Waals surface area contributed by atoms with Crippen molar-refractivity contribution in [1.29, 1.82) is 0 Å². The number of urea groups is 1. The SMILES string of the molecule is Cc1ccc(NC(=O)CN(C)C(=O)c2ccccc2CN2C(=O)CNC2=O)cc1. The summed E-state index contributed by atoms with van der Waals surface area (Å²) in [6, 6.07) is 13.6. The normalized spacial score (nSPS) is 13.2. The van der Waals surface area contributed by atoms with Crippen molar-refractivity contribution in [3.05, 3.63) is 65.2 Å². The number of nitrogens with one attached hydrogen (secondary N) is 2. The van der Waals surface area contributed by atoms with Crippen LogP contribution in [0, 0.1) is 6.92 Å². The zero-order valence-corrected chi connectivity index (χ0v) is 16.3. The Morgan fingerprint density at radius 1 is 1.10 bits per heavy atom. The number of aryl methyl sites for hydroxylation is 1. The molecule has 0 aliphatic carbocycles. The van der Waals surface area contributed by atoms with Crippen LogP contribution in [-0.4, -0.2) is 53.7 Å². The number of anilines is 1. The van der Waals surface area contributed by atoms with Gasteiger partial charge < -0.3 is 15.5 Å². The molecule has 1 aliphatic heterocycles. The lowest BCUT2D eigenvalue weighted by Gasteiger charge is -2.20. The highest BCUT2D eigenvalue weighted by atomic mass is 16.2. The third-order valence-corrected chi connectivity index (χ3v) is 4.58. The summed E-state index contributed by atoms with van der Waals surface area (Å²) in [4.78, 5) is 51.2. The van der Waals surface area contributed by atoms with E-state index in [1.807, 2.05) is 19.1 Å². The van der Waals surface area contributed by atoms with Crippen LogP contribution < -0.4 is 10.6 Å². The lowest BCUT2D eigenvalue weighted by Crippen LogP contribution is -2.36. The number of likely N-dealkylation sites (N-methyl/N-ethyl adjacent to an activating group) is 1. The van der Waals surface area contributed by atoms with E-state index in [9.17, 15) is 19.2 Å². The van der Waals surface area contributed by atoms with Crippen LogP contribution in [0.1, 0.15) is 21.5 Å². The molecule has 0 aromatic heterocycles. The first-order chi connectivity index (χ1) is 13.8. The Morgan fingerprint density at radius 3 is 2.45 bits per heavy atom. The van der Waals surface area contributed by atoms with Gasteiger partial charge in [0.15, 0.2) is 0 Å². The largest absolute Gasteiger partial charge is 0.332 e. The van der Waals surface area contributed by atoms with Gasteiger partial charge in [-0.3, -0.25) is 19.3 Å². The lowest BCUT2D eigenvalue weighted by atomic mass is 10.1. The zero-order chi connectivity index (χ0) is 21.0. The second kappa shape index (κ2) is 8.55. The molecule has 2 aromatic rings. The Morgan fingerprint density at radius 2 is 1.79 bits per heavy atom. The van der Waals surface area contributed by atoms with Crippen LogP contribution in [0.5, 0.6) is 0 Å². The van der Waals surface area contributed by atoms with Crippen molar-refractivity contribution in [2.45, 2.75) is 13.5 Å². The van der Waals surface area contributed by atoms with Crippen molar-refractivity contribution in [3.63, 3.8) is 0 Å². The van der Waals surface area contributed by atoms with Crippen LogP contribution in [0.15, 0.2) is 48.5 Å². The van der Waals surface area contributed by atoms with Gasteiger partial charge in [-0.2, -0.15) is 0 Å². The van der Waals surface area contributed by atoms with E-state index in [0.29, 0.717) is 16.8 Å². The minimum Gasteiger partial charge on any atom is -0.332 e. The second-order valence-electron chi connectivity index (χ2n) is 6.87. The van der Waals surface area contributed by atoms with Crippen molar-refractivity contribution in [2.24, 2.45) is 0 Å². The highest BCUT2D eigenvalue weighted by molar-refractivity contribution is 6.03. The molecular weight excluding hydrogens is 372 g/mol. The minimum absolute atomic E-state index is 0.00399. The van der Waals surface area contributed by atoms with Gasteiger partial charge >= 0.3 is 6.03 Å². The van der Waals surface area contributed by atoms with E-state index >= 15 is 0 Å². The fraction of sp³-hybridized carbons (Fsp3) is 0.238. The monoisotopic (exact) mass is 394 g/mol. The van der Waals surface area contributed by atoms with E-state index in [0.717, 1.165) is 10.5 Å². The molecule has 2 N–H and O–H groups in total. The number of carbonyl (C=O) groups excluding carboxylic acids is 4. The first kappa shape index (κ1) is 20.1. The maximum atomic E-state index is 12.9. The minimum atomic E-state index is -0.483. The number of benzene rings is 2. The van der Waals surface area contributed by atoms with Gasteiger partial charge in [0.2, 0.25) is 11.8 Å². The Kier molecular flexibility index (Phi) is 5.92. The van der Waals surface area contributed by atoms with Crippen LogP contribution in [-0.2, 0) is 16.1 Å². The number of imide groups is 1. The molecule has 0 bridgehead atoms. The highest BCUT2D eigenvalue weighted by Gasteiger charge is 2.29. The summed E-state index contributed by atoms with van der Waals surface area (Å²) in [6.45, 7) is 1.77. The van der Waals surface area contributed by atoms with E-state index < -0.39 is 6.03 Å². The highest BCUT2D eigenvalue weighted by Crippen LogP contribution is 2.16. The summed E-state index contributed by atoms with van der Waals surface area (Å²) in [7, 11) is 1.53. The van der Waals surface area contributed by atoms with E-state index in [-0.39, 0.29) is 37.4 Å². The average molecular weight is 394 g/mol. The molecule has 8 nitrogen and oxygen atoms in total. The smallest absolute Gasteiger partial charge is 0.324 e. The molecule has 29 heavy (non-hydrogen) atoms. The molecule has 5 amide bonds. The standard InChI is InChI=1S/C21H22N4O4/c1-14-7-9-16(10-8-14)23-18(26)13-24(2)20(28)17-6-4-3-5-15(17)12-25-19(27)11-22-21(25)29/h3-10H,11-13H2,1-2H3,(H,22,29)(H,23,26). The quantitative estimate of drug-likeness (QED) is 0.730. The van der Waals surface area contributed by atoms with Crippen LogP contribution in [0.25, 0.3) is 0 Å². The van der Waals surface area contributed by atoms with Gasteiger partial charge in [-0.1, -0.05) is 35.9 Å². The lowest BCUT2D eigenvalue weighted by molar-refractivity contribution is -0.125. The molecule has 1 fully saturated rings. The number of nitrogens with zero attached hydrogens (tertiary/aromatic N) is 2. The van der Waals surface area contributed by atoms with Crippen molar-refractivity contribution >= 4 is 29.4 Å². The molecule has 0 unspecified atom stereocenters. The van der Waals surface area contributed by atoms with Crippen molar-refractivity contribution in [2.75, 3.05) is 25.5 Å². The summed E-state index contributed by atoms with van der Waals surface area (Å²) in [5.74, 6) is -1.04. The molecule has 8 heteroatoms. The van der Waals surface area contributed by atoms with Gasteiger partial charge in [-0.15, -0.1) is 0 Å². The van der Waals surface area contributed by atoms with Crippen LogP contribution >= 0.6 is 0 Å². The van der Waals surface area contributed by atoms with Crippen molar-refractivity contribution in [1.82, 2.24) is 15.1 Å². The molecule has 2 aromatic carbocycles. The maximum Gasteiger partial charge on any atom is 0.324 e. The number of carbonyl (C=O) groups is 4. The molecule has 3 rings (SSSR count). The van der Waals surface area contributed by atoms with Crippen LogP contribution in [0.4, 0.5) is 10.5 Å². The predicted molar refractivity (Wildman–Crippen MR) is 107 cm³/mol. The van der Waals surface area contributed by atoms with Crippen molar-refractivity contribution in [3.8, 4) is 0 Å². The number of hydrogen-bond acceptors (Lipinski definition) is 4. The zero-order valence-electron chi connectivity index (χ0n) is 16.3. The van der Waals surface area contributed by atoms with Gasteiger partial charge in [0.25, 0.3) is 5.91 Å². The van der Waals surface area contributed by atoms with Crippen LogP contribution in [0.3, 0.4) is 0 Å². The van der Waals surface area contributed by atoms with E-state index in [2.05, 4.69) is 10.6 Å². The van der Waals surface area contributed by atoms with E-state index in [4.69, 9.17) is 0 Å². The molecule has 1 heterocycles. The maximum absolute atomic E-state index is 12.9. The van der Waals surface area contributed by atoms with Gasteiger partial charge in [-0.05, 0) is 30.7 Å². The first-order valence-electron chi connectivity index (χ1n) is 9.13. The summed E-state index contributed by atoms with van der Waals surface area (Å²) >= 11 is 0. The molecule has 1 aliphatic rings. The third kappa shape index (κ3) is 4.78. The Hall–Kier alpha value is -3.68. The average Bonchev–Trinajstić information content (AvgIpc) is 3.01.